The molecular weight excluding hydrogens is 348 g/mol. The van der Waals surface area contributed by atoms with Crippen LogP contribution < -0.4 is 10.4 Å². The Morgan fingerprint density at radius 2 is 1.74 bits per heavy atom. The monoisotopic (exact) mass is 364 g/mol. The first kappa shape index (κ1) is 19.2. The Balaban J connectivity index is 3.10. The van der Waals surface area contributed by atoms with Gasteiger partial charge in [0.05, 0.1) is 9.85 Å². The van der Waals surface area contributed by atoms with Gasteiger partial charge in [-0.25, -0.2) is 8.49 Å². The van der Waals surface area contributed by atoms with Gasteiger partial charge in [0.25, 0.3) is 11.4 Å². The molecule has 1 atom stereocenters. The molecule has 0 bridgehead atoms. The Bertz CT molecular complexity index is 684. The molecule has 0 saturated heterocycles. The van der Waals surface area contributed by atoms with Crippen LogP contribution >= 0.6 is 0 Å². The van der Waals surface area contributed by atoms with Crippen molar-refractivity contribution in [1.82, 2.24) is 5.48 Å². The van der Waals surface area contributed by atoms with E-state index in [-0.39, 0.29) is 30.0 Å². The Morgan fingerprint density at radius 3 is 2.09 bits per heavy atom. The lowest BCUT2D eigenvalue weighted by molar-refractivity contribution is -0.392. The summed E-state index contributed by atoms with van der Waals surface area (Å²) in [5.41, 5.74) is 1.96. The zero-order chi connectivity index (χ0) is 17.8. The maximum Gasteiger partial charge on any atom is 0.299 e. The first-order valence-electron chi connectivity index (χ1n) is 6.27. The second-order valence-corrected chi connectivity index (χ2v) is 8.21. The highest BCUT2D eigenvalue weighted by molar-refractivity contribution is 8.29. The van der Waals surface area contributed by atoms with Crippen molar-refractivity contribution in [3.05, 3.63) is 37.9 Å². The van der Waals surface area contributed by atoms with Gasteiger partial charge in [0, 0.05) is 50.2 Å². The van der Waals surface area contributed by atoms with Crippen molar-refractivity contribution in [1.29, 1.82) is 0 Å². The Labute approximate surface area is 137 Å². The number of nitro benzene ring substituents is 2. The van der Waals surface area contributed by atoms with E-state index in [9.17, 15) is 24.4 Å². The number of anilines is 1. The molecule has 0 spiro atoms. The van der Waals surface area contributed by atoms with Crippen molar-refractivity contribution in [2.45, 2.75) is 6.42 Å². The average molecular weight is 364 g/mol. The number of benzene rings is 1. The minimum atomic E-state index is -2.84. The fourth-order valence-electron chi connectivity index (χ4n) is 1.89. The van der Waals surface area contributed by atoms with E-state index < -0.39 is 18.6 Å². The van der Waals surface area contributed by atoms with Gasteiger partial charge in [-0.05, 0) is 12.0 Å². The van der Waals surface area contributed by atoms with E-state index in [1.165, 1.54) is 37.4 Å². The molecule has 0 aliphatic heterocycles. The molecule has 12 heteroatoms. The highest BCUT2D eigenvalue weighted by Crippen LogP contribution is 2.37. The summed E-state index contributed by atoms with van der Waals surface area (Å²) >= 11 is 4.53. The summed E-state index contributed by atoms with van der Waals surface area (Å²) in [6.07, 6.45) is 1.41. The van der Waals surface area contributed by atoms with Crippen molar-refractivity contribution in [2.24, 2.45) is 0 Å². The van der Waals surface area contributed by atoms with Crippen molar-refractivity contribution in [2.75, 3.05) is 31.8 Å². The lowest BCUT2D eigenvalue weighted by Gasteiger charge is -2.14. The number of hydrogen-bond acceptors (Lipinski definition) is 9. The molecule has 1 aromatic carbocycles. The van der Waals surface area contributed by atoms with Crippen molar-refractivity contribution >= 4 is 37.0 Å². The Hall–Kier alpha value is -1.89. The largest absolute Gasteiger partial charge is 0.366 e. The fraction of sp³-hybridized carbons (Fsp3) is 0.455. The first-order chi connectivity index (χ1) is 10.5. The van der Waals surface area contributed by atoms with Crippen LogP contribution in [-0.2, 0) is 30.7 Å². The van der Waals surface area contributed by atoms with Crippen molar-refractivity contribution in [3.8, 4) is 0 Å². The van der Waals surface area contributed by atoms with Crippen molar-refractivity contribution < 1.29 is 18.3 Å². The summed E-state index contributed by atoms with van der Waals surface area (Å²) in [7, 11) is 0.143. The van der Waals surface area contributed by atoms with E-state index in [4.69, 9.17) is 0 Å². The lowest BCUT2D eigenvalue weighted by atomic mass is 10.1. The molecule has 0 amide bonds. The van der Waals surface area contributed by atoms with E-state index in [2.05, 4.69) is 21.0 Å². The van der Waals surface area contributed by atoms with E-state index in [1.54, 1.807) is 0 Å². The van der Waals surface area contributed by atoms with E-state index in [0.29, 0.717) is 5.56 Å². The maximum absolute atomic E-state index is 11.2. The first-order valence-corrected chi connectivity index (χ1v) is 9.09. The van der Waals surface area contributed by atoms with Crippen LogP contribution in [0.3, 0.4) is 0 Å². The maximum atomic E-state index is 11.2. The number of nitro groups is 2. The SMILES string of the molecule is CN(C)c1c([N+](=O)[O-])cc(CCNOS(C)(=O)=S)cc1[N+](=O)[O-]. The molecule has 1 rings (SSSR count). The van der Waals surface area contributed by atoms with Crippen LogP contribution in [0.1, 0.15) is 5.56 Å². The molecule has 0 radical (unpaired) electrons. The summed E-state index contributed by atoms with van der Waals surface area (Å²) in [5.74, 6) is 0. The smallest absolute Gasteiger partial charge is 0.299 e. The van der Waals surface area contributed by atoms with Gasteiger partial charge in [0.2, 0.25) is 0 Å². The molecule has 0 aliphatic rings. The molecule has 0 heterocycles. The van der Waals surface area contributed by atoms with E-state index in [1.807, 2.05) is 0 Å². The van der Waals surface area contributed by atoms with Crippen LogP contribution in [0.5, 0.6) is 0 Å². The van der Waals surface area contributed by atoms with Crippen molar-refractivity contribution in [3.63, 3.8) is 0 Å². The predicted octanol–water partition coefficient (Wildman–Crippen LogP) is 0.924. The van der Waals surface area contributed by atoms with Gasteiger partial charge < -0.3 is 4.90 Å². The zero-order valence-electron chi connectivity index (χ0n) is 12.7. The van der Waals surface area contributed by atoms with Gasteiger partial charge in [-0.1, -0.05) is 0 Å². The summed E-state index contributed by atoms with van der Waals surface area (Å²) in [5, 5.41) is 22.4. The van der Waals surface area contributed by atoms with Crippen LogP contribution in [0.2, 0.25) is 0 Å². The standard InChI is InChI=1S/C11H16N4O6S2/c1-13(2)11-9(14(16)17)6-8(7-10(11)15(18)19)4-5-12-21-23(3,20)22/h6-7,12H,4-5H2,1-3H3. The van der Waals surface area contributed by atoms with E-state index in [0.717, 1.165) is 0 Å². The Kier molecular flexibility index (Phi) is 6.32. The number of hydroxylamine groups is 1. The van der Waals surface area contributed by atoms with Crippen LogP contribution in [0.25, 0.3) is 0 Å². The van der Waals surface area contributed by atoms with Gasteiger partial charge in [0.15, 0.2) is 14.5 Å². The van der Waals surface area contributed by atoms with Gasteiger partial charge in [-0.2, -0.15) is 5.48 Å². The lowest BCUT2D eigenvalue weighted by Crippen LogP contribution is -2.21. The molecule has 0 saturated carbocycles. The molecule has 23 heavy (non-hydrogen) atoms. The number of rotatable bonds is 8. The molecule has 1 aromatic rings. The van der Waals surface area contributed by atoms with Gasteiger partial charge in [-0.15, -0.1) is 0 Å². The highest BCUT2D eigenvalue weighted by atomic mass is 32.8. The molecule has 10 nitrogen and oxygen atoms in total. The summed E-state index contributed by atoms with van der Waals surface area (Å²) < 4.78 is 15.8. The van der Waals surface area contributed by atoms with Crippen LogP contribution in [0, 0.1) is 20.2 Å². The molecule has 128 valence electrons. The molecule has 1 N–H and O–H groups in total. The second-order valence-electron chi connectivity index (χ2n) is 4.82. The molecule has 0 aromatic heterocycles. The van der Waals surface area contributed by atoms with Gasteiger partial charge in [0.1, 0.15) is 0 Å². The summed E-state index contributed by atoms with van der Waals surface area (Å²) in [6, 6.07) is 2.53. The van der Waals surface area contributed by atoms with Gasteiger partial charge in [-0.3, -0.25) is 20.2 Å². The van der Waals surface area contributed by atoms with Gasteiger partial charge >= 0.3 is 0 Å². The van der Waals surface area contributed by atoms with E-state index >= 15 is 0 Å². The Morgan fingerprint density at radius 1 is 1.26 bits per heavy atom. The predicted molar refractivity (Wildman–Crippen MR) is 88.3 cm³/mol. The minimum absolute atomic E-state index is 0.0740. The quantitative estimate of drug-likeness (QED) is 0.407. The third-order valence-electron chi connectivity index (χ3n) is 2.70. The number of nitrogens with one attached hydrogen (secondary N) is 1. The molecular formula is C11H16N4O6S2. The third-order valence-corrected chi connectivity index (χ3v) is 3.32. The minimum Gasteiger partial charge on any atom is -0.366 e. The summed E-state index contributed by atoms with van der Waals surface area (Å²) in [4.78, 5) is 22.3. The molecule has 0 aliphatic carbocycles. The second kappa shape index (κ2) is 7.59. The molecule has 0 fully saturated rings. The van der Waals surface area contributed by atoms with Crippen LogP contribution in [-0.4, -0.2) is 41.0 Å². The highest BCUT2D eigenvalue weighted by Gasteiger charge is 2.28. The average Bonchev–Trinajstić information content (AvgIpc) is 2.41. The van der Waals surface area contributed by atoms with Crippen LogP contribution in [0.4, 0.5) is 17.1 Å². The fourth-order valence-corrected chi connectivity index (χ4v) is 2.33. The number of nitrogens with zero attached hydrogens (tertiary/aromatic N) is 3. The normalized spacial score (nSPS) is 13.3. The van der Waals surface area contributed by atoms with Crippen LogP contribution in [0.15, 0.2) is 12.1 Å². The topological polar surface area (TPSA) is 128 Å². The third kappa shape index (κ3) is 5.67. The molecule has 1 unspecified atom stereocenters. The summed E-state index contributed by atoms with van der Waals surface area (Å²) in [6.45, 7) is 0.136. The number of hydrogen-bond donors (Lipinski definition) is 1. The zero-order valence-corrected chi connectivity index (χ0v) is 14.3.